The van der Waals surface area contributed by atoms with Crippen LogP contribution in [0, 0.1) is 5.82 Å². The van der Waals surface area contributed by atoms with E-state index in [9.17, 15) is 14.0 Å². The Balaban J connectivity index is 0.00000132. The highest BCUT2D eigenvalue weighted by Gasteiger charge is 2.24. The van der Waals surface area contributed by atoms with Crippen LogP contribution in [0.5, 0.6) is 0 Å². The van der Waals surface area contributed by atoms with Crippen LogP contribution in [-0.2, 0) is 0 Å². The maximum Gasteiger partial charge on any atom is 0.255 e. The molecular formula is C23H18ClFN2O4. The molecule has 0 radical (unpaired) electrons. The van der Waals surface area contributed by atoms with Gasteiger partial charge in [0, 0.05) is 30.8 Å². The van der Waals surface area contributed by atoms with Gasteiger partial charge >= 0.3 is 0 Å². The quantitative estimate of drug-likeness (QED) is 0.353. The van der Waals surface area contributed by atoms with Crippen molar-refractivity contribution in [3.8, 4) is 22.5 Å². The van der Waals surface area contributed by atoms with Gasteiger partial charge < -0.3 is 14.8 Å². The van der Waals surface area contributed by atoms with E-state index in [4.69, 9.17) is 21.1 Å². The number of aromatic nitrogens is 1. The van der Waals surface area contributed by atoms with Gasteiger partial charge in [0.05, 0.1) is 10.9 Å². The number of furan rings is 1. The lowest BCUT2D eigenvalue weighted by molar-refractivity contribution is 0.0964. The third-order valence-electron chi connectivity index (χ3n) is 4.53. The predicted octanol–water partition coefficient (Wildman–Crippen LogP) is 4.73. The van der Waals surface area contributed by atoms with Gasteiger partial charge in [-0.05, 0) is 42.0 Å². The Labute approximate surface area is 182 Å². The molecule has 0 atom stereocenters. The molecule has 158 valence electrons. The molecule has 4 aromatic rings. The van der Waals surface area contributed by atoms with Crippen molar-refractivity contribution in [1.29, 1.82) is 0 Å². The van der Waals surface area contributed by atoms with Crippen LogP contribution in [-0.4, -0.2) is 36.4 Å². The molecule has 2 N–H and O–H groups in total. The molecule has 0 aliphatic heterocycles. The number of aliphatic hydroxyl groups is 1. The Morgan fingerprint density at radius 3 is 2.48 bits per heavy atom. The SMILES string of the molecule is CNC(=O)c1c(-c2ccc(F)cc2)oc2nc(Cl)c(-c3cccc(C=O)c3)cc12.CO. The Kier molecular flexibility index (Phi) is 6.79. The largest absolute Gasteiger partial charge is 0.437 e. The lowest BCUT2D eigenvalue weighted by Gasteiger charge is -2.06. The Bertz CT molecular complexity index is 1250. The lowest BCUT2D eigenvalue weighted by atomic mass is 10.0. The van der Waals surface area contributed by atoms with E-state index in [2.05, 4.69) is 10.3 Å². The van der Waals surface area contributed by atoms with E-state index in [1.807, 2.05) is 0 Å². The number of carbonyl (C=O) groups is 2. The summed E-state index contributed by atoms with van der Waals surface area (Å²) in [6.07, 6.45) is 0.740. The standard InChI is InChI=1S/C22H14ClFN2O3.CH4O/c1-25-21(28)18-17-10-16(14-4-2-3-12(9-14)11-27)20(23)26-22(17)29-19(18)13-5-7-15(24)8-6-13;1-2/h2-11H,1H3,(H,25,28);2H,1H3. The molecule has 4 rings (SSSR count). The van der Waals surface area contributed by atoms with Crippen LogP contribution in [0.1, 0.15) is 20.7 Å². The summed E-state index contributed by atoms with van der Waals surface area (Å²) in [7, 11) is 2.51. The molecule has 8 heteroatoms. The number of nitrogens with one attached hydrogen (secondary N) is 1. The summed E-state index contributed by atoms with van der Waals surface area (Å²) in [4.78, 5) is 28.0. The van der Waals surface area contributed by atoms with E-state index in [-0.39, 0.29) is 28.1 Å². The first kappa shape index (κ1) is 22.1. The minimum absolute atomic E-state index is 0.170. The molecule has 0 aliphatic rings. The monoisotopic (exact) mass is 440 g/mol. The van der Waals surface area contributed by atoms with Gasteiger partial charge in [-0.25, -0.2) is 9.37 Å². The van der Waals surface area contributed by atoms with Crippen LogP contribution >= 0.6 is 11.6 Å². The second-order valence-electron chi connectivity index (χ2n) is 6.31. The van der Waals surface area contributed by atoms with Gasteiger partial charge in [0.1, 0.15) is 23.0 Å². The number of nitrogens with zero attached hydrogens (tertiary/aromatic N) is 1. The van der Waals surface area contributed by atoms with E-state index >= 15 is 0 Å². The van der Waals surface area contributed by atoms with Crippen LogP contribution in [0.4, 0.5) is 4.39 Å². The first-order chi connectivity index (χ1) is 15.0. The van der Waals surface area contributed by atoms with E-state index in [0.29, 0.717) is 27.6 Å². The predicted molar refractivity (Wildman–Crippen MR) is 117 cm³/mol. The average molecular weight is 441 g/mol. The zero-order valence-electron chi connectivity index (χ0n) is 16.6. The molecule has 2 aromatic carbocycles. The van der Waals surface area contributed by atoms with Crippen molar-refractivity contribution in [3.05, 3.63) is 76.7 Å². The molecule has 0 saturated heterocycles. The number of fused-ring (bicyclic) bond motifs is 1. The molecule has 0 bridgehead atoms. The molecule has 0 spiro atoms. The summed E-state index contributed by atoms with van der Waals surface area (Å²) >= 11 is 6.37. The smallest absolute Gasteiger partial charge is 0.255 e. The number of hydrogen-bond acceptors (Lipinski definition) is 5. The highest BCUT2D eigenvalue weighted by atomic mass is 35.5. The third kappa shape index (κ3) is 4.33. The first-order valence-electron chi connectivity index (χ1n) is 9.13. The van der Waals surface area contributed by atoms with Gasteiger partial charge in [-0.15, -0.1) is 0 Å². The minimum Gasteiger partial charge on any atom is -0.437 e. The Hall–Kier alpha value is -3.55. The summed E-state index contributed by atoms with van der Waals surface area (Å²) in [5.41, 5.74) is 2.71. The van der Waals surface area contributed by atoms with Gasteiger partial charge in [-0.2, -0.15) is 0 Å². The van der Waals surface area contributed by atoms with Crippen LogP contribution in [0.15, 0.2) is 59.0 Å². The van der Waals surface area contributed by atoms with Crippen molar-refractivity contribution in [2.45, 2.75) is 0 Å². The van der Waals surface area contributed by atoms with Crippen LogP contribution < -0.4 is 5.32 Å². The summed E-state index contributed by atoms with van der Waals surface area (Å²) in [6, 6.07) is 14.2. The Morgan fingerprint density at radius 1 is 1.13 bits per heavy atom. The maximum absolute atomic E-state index is 13.3. The number of amides is 1. The number of halogens is 2. The summed E-state index contributed by atoms with van der Waals surface area (Å²) in [6.45, 7) is 0. The summed E-state index contributed by atoms with van der Waals surface area (Å²) in [5, 5.41) is 10.2. The highest BCUT2D eigenvalue weighted by Crippen LogP contribution is 2.37. The van der Waals surface area contributed by atoms with Crippen molar-refractivity contribution >= 4 is 34.9 Å². The molecule has 2 aromatic heterocycles. The minimum atomic E-state index is -0.398. The van der Waals surface area contributed by atoms with Gasteiger partial charge in [-0.3, -0.25) is 9.59 Å². The molecule has 31 heavy (non-hydrogen) atoms. The summed E-state index contributed by atoms with van der Waals surface area (Å²) < 4.78 is 19.2. The Morgan fingerprint density at radius 2 is 1.84 bits per heavy atom. The maximum atomic E-state index is 13.3. The van der Waals surface area contributed by atoms with E-state index in [1.165, 1.54) is 31.3 Å². The average Bonchev–Trinajstić information content (AvgIpc) is 3.18. The van der Waals surface area contributed by atoms with Gasteiger partial charge in [0.25, 0.3) is 5.91 Å². The first-order valence-corrected chi connectivity index (χ1v) is 9.51. The zero-order chi connectivity index (χ0) is 22.5. The van der Waals surface area contributed by atoms with Crippen molar-refractivity contribution in [2.75, 3.05) is 14.2 Å². The normalized spacial score (nSPS) is 10.4. The van der Waals surface area contributed by atoms with Crippen LogP contribution in [0.25, 0.3) is 33.6 Å². The molecule has 0 saturated carbocycles. The van der Waals surface area contributed by atoms with Crippen molar-refractivity contribution in [1.82, 2.24) is 10.3 Å². The molecule has 6 nitrogen and oxygen atoms in total. The highest BCUT2D eigenvalue weighted by molar-refractivity contribution is 6.32. The van der Waals surface area contributed by atoms with E-state index < -0.39 is 5.82 Å². The molecule has 0 aliphatic carbocycles. The number of hydrogen-bond donors (Lipinski definition) is 2. The molecular weight excluding hydrogens is 423 g/mol. The molecule has 2 heterocycles. The topological polar surface area (TPSA) is 92.4 Å². The van der Waals surface area contributed by atoms with E-state index in [1.54, 1.807) is 30.3 Å². The summed E-state index contributed by atoms with van der Waals surface area (Å²) in [5.74, 6) is -0.508. The lowest BCUT2D eigenvalue weighted by Crippen LogP contribution is -2.18. The second kappa shape index (κ2) is 9.51. The van der Waals surface area contributed by atoms with Gasteiger partial charge in [-0.1, -0.05) is 29.8 Å². The fourth-order valence-electron chi connectivity index (χ4n) is 3.14. The van der Waals surface area contributed by atoms with Gasteiger partial charge in [0.15, 0.2) is 0 Å². The fourth-order valence-corrected chi connectivity index (χ4v) is 3.38. The zero-order valence-corrected chi connectivity index (χ0v) is 17.4. The van der Waals surface area contributed by atoms with E-state index in [0.717, 1.165) is 13.4 Å². The van der Waals surface area contributed by atoms with Crippen molar-refractivity contribution in [2.24, 2.45) is 0 Å². The number of aliphatic hydroxyl groups excluding tert-OH is 1. The van der Waals surface area contributed by atoms with Gasteiger partial charge in [0.2, 0.25) is 5.71 Å². The van der Waals surface area contributed by atoms with Crippen LogP contribution in [0.2, 0.25) is 5.15 Å². The number of rotatable bonds is 4. The van der Waals surface area contributed by atoms with Crippen LogP contribution in [0.3, 0.4) is 0 Å². The molecule has 0 fully saturated rings. The third-order valence-corrected chi connectivity index (χ3v) is 4.82. The molecule has 0 unspecified atom stereocenters. The fraction of sp³-hybridized carbons (Fsp3) is 0.0870. The number of aldehydes is 1. The number of pyridine rings is 1. The molecule has 1 amide bonds. The van der Waals surface area contributed by atoms with Crippen molar-refractivity contribution < 1.29 is 23.5 Å². The number of benzene rings is 2. The van der Waals surface area contributed by atoms with Crippen molar-refractivity contribution in [3.63, 3.8) is 0 Å². The second-order valence-corrected chi connectivity index (χ2v) is 6.67. The number of carbonyl (C=O) groups excluding carboxylic acids is 2.